The van der Waals surface area contributed by atoms with Crippen molar-refractivity contribution in [2.75, 3.05) is 5.75 Å². The van der Waals surface area contributed by atoms with Gasteiger partial charge in [-0.15, -0.1) is 0 Å². The molecule has 0 spiro atoms. The zero-order chi connectivity index (χ0) is 6.86. The van der Waals surface area contributed by atoms with Gasteiger partial charge in [-0.25, -0.2) is 0 Å². The van der Waals surface area contributed by atoms with Gasteiger partial charge in [-0.3, -0.25) is 0 Å². The van der Waals surface area contributed by atoms with E-state index in [1.807, 2.05) is 0 Å². The zero-order valence-corrected chi connectivity index (χ0v) is 7.26. The van der Waals surface area contributed by atoms with Crippen LogP contribution < -0.4 is 0 Å². The summed E-state index contributed by atoms with van der Waals surface area (Å²) >= 11 is -5.72. The third-order valence-electron chi connectivity index (χ3n) is 0.304. The second kappa shape index (κ2) is 2.27. The van der Waals surface area contributed by atoms with Crippen LogP contribution in [-0.4, -0.2) is 19.5 Å². The van der Waals surface area contributed by atoms with Crippen LogP contribution in [0, 0.1) is 0 Å². The van der Waals surface area contributed by atoms with Gasteiger partial charge in [-0.2, -0.15) is 0 Å². The molecular formula is C2H9IO4S. The van der Waals surface area contributed by atoms with E-state index in [9.17, 15) is 0 Å². The van der Waals surface area contributed by atoms with Crippen LogP contribution in [0.1, 0.15) is 6.92 Å². The second-order valence-corrected chi connectivity index (χ2v) is 11.7. The van der Waals surface area contributed by atoms with Crippen LogP contribution >= 0.6 is 26.3 Å². The topological polar surface area (TPSA) is 80.9 Å². The van der Waals surface area contributed by atoms with Gasteiger partial charge in [0, 0.05) is 0 Å². The van der Waals surface area contributed by atoms with Gasteiger partial charge in [0.1, 0.15) is 0 Å². The average Bonchev–Trinajstić information content (AvgIpc) is 1.25. The third kappa shape index (κ3) is 6.92. The zero-order valence-electron chi connectivity index (χ0n) is 4.28. The van der Waals surface area contributed by atoms with Gasteiger partial charge in [0.2, 0.25) is 0 Å². The van der Waals surface area contributed by atoms with Crippen molar-refractivity contribution >= 4 is 26.3 Å². The summed E-state index contributed by atoms with van der Waals surface area (Å²) in [6.07, 6.45) is 0. The summed E-state index contributed by atoms with van der Waals surface area (Å²) in [6, 6.07) is 0. The molecule has 6 heteroatoms. The molecule has 0 aromatic carbocycles. The van der Waals surface area contributed by atoms with Crippen LogP contribution in [0.2, 0.25) is 0 Å². The maximum absolute atomic E-state index is 8.30. The molecule has 0 aliphatic rings. The van der Waals surface area contributed by atoms with Crippen molar-refractivity contribution in [1.29, 1.82) is 0 Å². The van der Waals surface area contributed by atoms with Crippen LogP contribution in [0.25, 0.3) is 0 Å². The molecule has 0 aromatic heterocycles. The van der Waals surface area contributed by atoms with Gasteiger partial charge in [-0.1, -0.05) is 0 Å². The summed E-state index contributed by atoms with van der Waals surface area (Å²) < 4.78 is 33.2. The Morgan fingerprint density at radius 1 is 1.25 bits per heavy atom. The SMILES string of the molecule is CCSI(O)(O)(O)O. The molecule has 0 aliphatic heterocycles. The van der Waals surface area contributed by atoms with E-state index >= 15 is 0 Å². The maximum atomic E-state index is 8.30. The van der Waals surface area contributed by atoms with Crippen molar-refractivity contribution in [3.05, 3.63) is 0 Å². The molecule has 0 heterocycles. The fraction of sp³-hybridized carbons (Fsp3) is 1.00. The van der Waals surface area contributed by atoms with Crippen molar-refractivity contribution < 1.29 is 13.7 Å². The summed E-state index contributed by atoms with van der Waals surface area (Å²) in [6.45, 7) is 1.60. The Hall–Kier alpha value is 0.920. The normalized spacial score (nSPS) is 17.4. The molecule has 0 amide bonds. The van der Waals surface area contributed by atoms with Gasteiger partial charge in [-0.05, 0) is 0 Å². The molecule has 0 bridgehead atoms. The Bertz CT molecular complexity index is 76.5. The van der Waals surface area contributed by atoms with E-state index in [1.165, 1.54) is 0 Å². The summed E-state index contributed by atoms with van der Waals surface area (Å²) in [5, 5.41) is 0. The molecule has 0 atom stereocenters. The summed E-state index contributed by atoms with van der Waals surface area (Å²) in [7, 11) is 0.399. The predicted molar refractivity (Wildman–Crippen MR) is 41.0 cm³/mol. The minimum atomic E-state index is -5.72. The molecule has 0 aliphatic carbocycles. The standard InChI is InChI=1S/C2H9IO4S/c1-2-8-3(4,5,6)7/h4-7H,2H2,1H3. The van der Waals surface area contributed by atoms with Crippen LogP contribution in [-0.2, 0) is 0 Å². The monoisotopic (exact) mass is 256 g/mol. The molecule has 0 fully saturated rings. The number of rotatable bonds is 2. The van der Waals surface area contributed by atoms with Crippen molar-refractivity contribution in [3.63, 3.8) is 0 Å². The van der Waals surface area contributed by atoms with Crippen molar-refractivity contribution in [2.45, 2.75) is 6.92 Å². The number of halogens is 1. The van der Waals surface area contributed by atoms with Crippen LogP contribution in [0.3, 0.4) is 0 Å². The Balaban J connectivity index is 3.73. The summed E-state index contributed by atoms with van der Waals surface area (Å²) in [4.78, 5) is 0. The molecule has 54 valence electrons. The predicted octanol–water partition coefficient (Wildman–Crippen LogP) is -0.138. The quantitative estimate of drug-likeness (QED) is 0.517. The molecule has 0 unspecified atom stereocenters. The molecule has 8 heavy (non-hydrogen) atoms. The van der Waals surface area contributed by atoms with E-state index in [0.29, 0.717) is 8.93 Å². The Morgan fingerprint density at radius 2 is 1.62 bits per heavy atom. The Labute approximate surface area is 52.8 Å². The first-order valence-corrected chi connectivity index (χ1v) is 9.21. The number of hydrogen-bond acceptors (Lipinski definition) is 5. The van der Waals surface area contributed by atoms with E-state index in [0.717, 1.165) is 0 Å². The van der Waals surface area contributed by atoms with Gasteiger partial charge in [0.25, 0.3) is 0 Å². The molecule has 0 saturated carbocycles. The van der Waals surface area contributed by atoms with E-state index in [2.05, 4.69) is 0 Å². The Kier molecular flexibility index (Phi) is 2.53. The van der Waals surface area contributed by atoms with E-state index in [4.69, 9.17) is 13.7 Å². The van der Waals surface area contributed by atoms with Gasteiger partial charge >= 0.3 is 52.7 Å². The van der Waals surface area contributed by atoms with Crippen LogP contribution in [0.5, 0.6) is 0 Å². The summed E-state index contributed by atoms with van der Waals surface area (Å²) in [5.41, 5.74) is 0. The third-order valence-corrected chi connectivity index (χ3v) is 6.12. The molecule has 0 rings (SSSR count). The van der Waals surface area contributed by atoms with Crippen LogP contribution in [0.15, 0.2) is 0 Å². The van der Waals surface area contributed by atoms with Crippen molar-refractivity contribution in [1.82, 2.24) is 0 Å². The minimum absolute atomic E-state index is 0.286. The van der Waals surface area contributed by atoms with E-state index in [1.54, 1.807) is 6.92 Å². The van der Waals surface area contributed by atoms with Gasteiger partial charge in [0.05, 0.1) is 0 Å². The van der Waals surface area contributed by atoms with Crippen molar-refractivity contribution in [3.8, 4) is 0 Å². The summed E-state index contributed by atoms with van der Waals surface area (Å²) in [5.74, 6) is 0.286. The number of hydrogen-bond donors (Lipinski definition) is 4. The molecular weight excluding hydrogens is 247 g/mol. The van der Waals surface area contributed by atoms with Gasteiger partial charge in [0.15, 0.2) is 0 Å². The average molecular weight is 256 g/mol. The van der Waals surface area contributed by atoms with E-state index < -0.39 is 17.3 Å². The fourth-order valence-electron chi connectivity index (χ4n) is 0.195. The second-order valence-electron chi connectivity index (χ2n) is 1.13. The molecule has 0 aromatic rings. The molecule has 0 radical (unpaired) electrons. The fourth-order valence-corrected chi connectivity index (χ4v) is 3.93. The first kappa shape index (κ1) is 8.92. The van der Waals surface area contributed by atoms with E-state index in [-0.39, 0.29) is 5.75 Å². The first-order valence-electron chi connectivity index (χ1n) is 1.83. The first-order chi connectivity index (χ1) is 3.31. The Morgan fingerprint density at radius 3 is 1.62 bits per heavy atom. The van der Waals surface area contributed by atoms with Gasteiger partial charge < -0.3 is 0 Å². The molecule has 4 N–H and O–H groups in total. The molecule has 0 saturated heterocycles. The van der Waals surface area contributed by atoms with Crippen LogP contribution in [0.4, 0.5) is 0 Å². The molecule has 4 nitrogen and oxygen atoms in total. The van der Waals surface area contributed by atoms with Crippen molar-refractivity contribution in [2.24, 2.45) is 0 Å².